The molecule has 4 rings (SSSR count). The molecule has 0 atom stereocenters. The smallest absolute Gasteiger partial charge is 0.348 e. The Hall–Kier alpha value is -2.11. The predicted molar refractivity (Wildman–Crippen MR) is 117 cm³/mol. The maximum Gasteiger partial charge on any atom is 0.418 e. The van der Waals surface area contributed by atoms with Gasteiger partial charge in [0.1, 0.15) is 16.1 Å². The molecule has 164 valence electrons. The monoisotopic (exact) mass is 487 g/mol. The van der Waals surface area contributed by atoms with Crippen LogP contribution in [0.25, 0.3) is 10.3 Å². The minimum absolute atomic E-state index is 0.0576. The third-order valence-corrected chi connectivity index (χ3v) is 7.14. The predicted octanol–water partition coefficient (Wildman–Crippen LogP) is 5.48. The molecule has 0 saturated carbocycles. The van der Waals surface area contributed by atoms with E-state index in [0.29, 0.717) is 10.7 Å². The number of halogens is 4. The van der Waals surface area contributed by atoms with E-state index >= 15 is 0 Å². The third-order valence-electron chi connectivity index (χ3n) is 4.67. The highest BCUT2D eigenvalue weighted by Crippen LogP contribution is 2.37. The molecule has 12 heteroatoms. The van der Waals surface area contributed by atoms with Gasteiger partial charge in [-0.15, -0.1) is 0 Å². The van der Waals surface area contributed by atoms with Gasteiger partial charge in [-0.2, -0.15) is 18.2 Å². The number of rotatable bonds is 5. The van der Waals surface area contributed by atoms with Crippen LogP contribution in [0.2, 0.25) is 5.02 Å². The minimum atomic E-state index is -4.63. The van der Waals surface area contributed by atoms with Crippen molar-refractivity contribution in [1.82, 2.24) is 15.0 Å². The zero-order valence-corrected chi connectivity index (χ0v) is 18.5. The molecule has 0 aliphatic carbocycles. The van der Waals surface area contributed by atoms with Gasteiger partial charge in [-0.3, -0.25) is 4.79 Å². The van der Waals surface area contributed by atoms with E-state index < -0.39 is 17.6 Å². The van der Waals surface area contributed by atoms with Gasteiger partial charge in [0.25, 0.3) is 0 Å². The summed E-state index contributed by atoms with van der Waals surface area (Å²) >= 11 is 8.28. The number of hydrogen-bond donors (Lipinski definition) is 1. The molecule has 1 fully saturated rings. The van der Waals surface area contributed by atoms with E-state index in [1.165, 1.54) is 30.2 Å². The maximum absolute atomic E-state index is 13.2. The summed E-state index contributed by atoms with van der Waals surface area (Å²) in [7, 11) is 0. The lowest BCUT2D eigenvalue weighted by atomic mass is 10.1. The summed E-state index contributed by atoms with van der Waals surface area (Å²) in [6.45, 7) is 1.89. The van der Waals surface area contributed by atoms with Crippen LogP contribution in [0.1, 0.15) is 24.8 Å². The molecular weight excluding hydrogens is 471 g/mol. The van der Waals surface area contributed by atoms with E-state index in [0.717, 1.165) is 59.7 Å². The molecule has 1 aromatic carbocycles. The number of carbonyl (C=O) groups is 1. The average Bonchev–Trinajstić information content (AvgIpc) is 3.18. The quantitative estimate of drug-likeness (QED) is 0.379. The Labute approximate surface area is 189 Å². The van der Waals surface area contributed by atoms with Crippen LogP contribution in [-0.2, 0) is 11.0 Å². The first-order valence-electron chi connectivity index (χ1n) is 9.47. The van der Waals surface area contributed by atoms with Gasteiger partial charge in [0.15, 0.2) is 10.8 Å². The molecule has 1 saturated heterocycles. The summed E-state index contributed by atoms with van der Waals surface area (Å²) < 4.78 is 40.4. The fourth-order valence-electron chi connectivity index (χ4n) is 3.23. The Bertz CT molecular complexity index is 1100. The van der Waals surface area contributed by atoms with Crippen molar-refractivity contribution in [3.63, 3.8) is 0 Å². The molecule has 3 heterocycles. The summed E-state index contributed by atoms with van der Waals surface area (Å²) in [5, 5.41) is 3.71. The summed E-state index contributed by atoms with van der Waals surface area (Å²) in [5.74, 6) is -0.687. The van der Waals surface area contributed by atoms with Crippen molar-refractivity contribution in [3.05, 3.63) is 35.1 Å². The highest BCUT2D eigenvalue weighted by atomic mass is 35.5. The van der Waals surface area contributed by atoms with Crippen LogP contribution in [0.4, 0.5) is 24.0 Å². The Balaban J connectivity index is 1.47. The Kier molecular flexibility index (Phi) is 6.54. The first-order valence-corrected chi connectivity index (χ1v) is 11.6. The van der Waals surface area contributed by atoms with Crippen molar-refractivity contribution >= 4 is 61.8 Å². The summed E-state index contributed by atoms with van der Waals surface area (Å²) in [4.78, 5) is 27.6. The fraction of sp³-hybridized carbons (Fsp3) is 0.368. The number of piperidine rings is 1. The van der Waals surface area contributed by atoms with Crippen LogP contribution >= 0.6 is 34.7 Å². The number of thiazole rings is 1. The standard InChI is InChI=1S/C19H17ClF3N5OS2/c20-11-4-5-13(12(8-11)19(21,22)23)26-14(29)9-30-17-15-16(24-10-25-17)27-18(31-15)28-6-2-1-3-7-28/h4-5,8,10H,1-3,6-7,9H2,(H,26,29). The molecule has 0 bridgehead atoms. The largest absolute Gasteiger partial charge is 0.418 e. The number of thioether (sulfide) groups is 1. The number of aromatic nitrogens is 3. The number of benzene rings is 1. The highest BCUT2D eigenvalue weighted by Gasteiger charge is 2.34. The van der Waals surface area contributed by atoms with E-state index in [-0.39, 0.29) is 16.5 Å². The number of anilines is 2. The average molecular weight is 488 g/mol. The van der Waals surface area contributed by atoms with Gasteiger partial charge in [0.05, 0.1) is 17.0 Å². The van der Waals surface area contributed by atoms with E-state index in [9.17, 15) is 18.0 Å². The topological polar surface area (TPSA) is 71.0 Å². The number of alkyl halides is 3. The lowest BCUT2D eigenvalue weighted by molar-refractivity contribution is -0.137. The molecule has 1 N–H and O–H groups in total. The van der Waals surface area contributed by atoms with Gasteiger partial charge < -0.3 is 10.2 Å². The molecule has 31 heavy (non-hydrogen) atoms. The number of carbonyl (C=O) groups excluding carboxylic acids is 1. The van der Waals surface area contributed by atoms with Crippen molar-refractivity contribution in [2.24, 2.45) is 0 Å². The molecular formula is C19H17ClF3N5OS2. The summed E-state index contributed by atoms with van der Waals surface area (Å²) in [6, 6.07) is 3.23. The van der Waals surface area contributed by atoms with Gasteiger partial charge in [0, 0.05) is 18.1 Å². The highest BCUT2D eigenvalue weighted by molar-refractivity contribution is 8.00. The minimum Gasteiger partial charge on any atom is -0.348 e. The Morgan fingerprint density at radius 1 is 1.23 bits per heavy atom. The zero-order chi connectivity index (χ0) is 22.0. The van der Waals surface area contributed by atoms with Crippen molar-refractivity contribution in [3.8, 4) is 0 Å². The SMILES string of the molecule is O=C(CSc1ncnc2nc(N3CCCCC3)sc12)Nc1ccc(Cl)cc1C(F)(F)F. The van der Waals surface area contributed by atoms with Crippen molar-refractivity contribution in [2.75, 3.05) is 29.1 Å². The van der Waals surface area contributed by atoms with Gasteiger partial charge >= 0.3 is 6.18 Å². The van der Waals surface area contributed by atoms with Crippen molar-refractivity contribution < 1.29 is 18.0 Å². The summed E-state index contributed by atoms with van der Waals surface area (Å²) in [5.41, 5.74) is -0.766. The number of hydrogen-bond acceptors (Lipinski definition) is 7. The molecule has 3 aromatic rings. The van der Waals surface area contributed by atoms with Gasteiger partial charge in [-0.05, 0) is 37.5 Å². The van der Waals surface area contributed by atoms with Gasteiger partial charge in [-0.25, -0.2) is 9.97 Å². The Morgan fingerprint density at radius 3 is 2.74 bits per heavy atom. The van der Waals surface area contributed by atoms with Crippen LogP contribution in [0.5, 0.6) is 0 Å². The van der Waals surface area contributed by atoms with Crippen LogP contribution in [0.15, 0.2) is 29.6 Å². The third kappa shape index (κ3) is 5.21. The van der Waals surface area contributed by atoms with Crippen LogP contribution in [-0.4, -0.2) is 39.7 Å². The van der Waals surface area contributed by atoms with Crippen LogP contribution < -0.4 is 10.2 Å². The first-order chi connectivity index (χ1) is 14.8. The number of nitrogens with one attached hydrogen (secondary N) is 1. The second kappa shape index (κ2) is 9.17. The first kappa shape index (κ1) is 22.1. The molecule has 6 nitrogen and oxygen atoms in total. The number of nitrogens with zero attached hydrogens (tertiary/aromatic N) is 4. The van der Waals surface area contributed by atoms with Gasteiger partial charge in [0.2, 0.25) is 5.91 Å². The molecule has 0 radical (unpaired) electrons. The Morgan fingerprint density at radius 2 is 2.00 bits per heavy atom. The number of amides is 1. The zero-order valence-electron chi connectivity index (χ0n) is 16.1. The van der Waals surface area contributed by atoms with E-state index in [4.69, 9.17) is 11.6 Å². The molecule has 1 amide bonds. The lowest BCUT2D eigenvalue weighted by Crippen LogP contribution is -2.29. The molecule has 2 aromatic heterocycles. The second-order valence-corrected chi connectivity index (χ2v) is 9.28. The summed E-state index contributed by atoms with van der Waals surface area (Å²) in [6.07, 6.45) is 0.194. The normalized spacial score (nSPS) is 14.8. The van der Waals surface area contributed by atoms with E-state index in [2.05, 4.69) is 25.2 Å². The lowest BCUT2D eigenvalue weighted by Gasteiger charge is -2.25. The van der Waals surface area contributed by atoms with Crippen molar-refractivity contribution in [2.45, 2.75) is 30.5 Å². The van der Waals surface area contributed by atoms with E-state index in [1.54, 1.807) is 0 Å². The van der Waals surface area contributed by atoms with Crippen LogP contribution in [0, 0.1) is 0 Å². The van der Waals surface area contributed by atoms with Gasteiger partial charge in [-0.1, -0.05) is 34.7 Å². The van der Waals surface area contributed by atoms with Crippen LogP contribution in [0.3, 0.4) is 0 Å². The molecule has 1 aliphatic rings. The second-order valence-electron chi connectivity index (χ2n) is 6.90. The number of fused-ring (bicyclic) bond motifs is 1. The molecule has 0 unspecified atom stereocenters. The molecule has 1 aliphatic heterocycles. The maximum atomic E-state index is 13.2. The van der Waals surface area contributed by atoms with Crippen molar-refractivity contribution in [1.29, 1.82) is 0 Å². The van der Waals surface area contributed by atoms with E-state index in [1.807, 2.05) is 0 Å². The fourth-order valence-corrected chi connectivity index (χ4v) is 5.34. The molecule has 0 spiro atoms.